The second kappa shape index (κ2) is 3.34. The summed E-state index contributed by atoms with van der Waals surface area (Å²) in [6, 6.07) is 3.41. The van der Waals surface area contributed by atoms with Crippen LogP contribution in [0.5, 0.6) is 0 Å². The Labute approximate surface area is 86.3 Å². The van der Waals surface area contributed by atoms with Gasteiger partial charge < -0.3 is 4.98 Å². The van der Waals surface area contributed by atoms with Gasteiger partial charge in [-0.3, -0.25) is 10.1 Å². The topological polar surface area (TPSA) is 71.8 Å². The summed E-state index contributed by atoms with van der Waals surface area (Å²) in [5.74, 6) is 0.0830. The van der Waals surface area contributed by atoms with E-state index in [4.69, 9.17) is 0 Å². The Bertz CT molecular complexity index is 516. The van der Waals surface area contributed by atoms with Gasteiger partial charge in [0.25, 0.3) is 5.69 Å². The number of hydrogen-bond acceptors (Lipinski definition) is 3. The van der Waals surface area contributed by atoms with Crippen molar-refractivity contribution < 1.29 is 4.92 Å². The van der Waals surface area contributed by atoms with Crippen LogP contribution in [0.2, 0.25) is 0 Å². The third-order valence-electron chi connectivity index (χ3n) is 2.33. The van der Waals surface area contributed by atoms with Crippen molar-refractivity contribution in [1.82, 2.24) is 9.97 Å². The summed E-state index contributed by atoms with van der Waals surface area (Å²) < 4.78 is 0. The predicted octanol–water partition coefficient (Wildman–Crippen LogP) is 2.59. The van der Waals surface area contributed by atoms with Crippen LogP contribution in [-0.2, 0) is 0 Å². The zero-order chi connectivity index (χ0) is 11.0. The molecule has 5 heteroatoms. The summed E-state index contributed by atoms with van der Waals surface area (Å²) in [5.41, 5.74) is 1.36. The molecule has 0 aliphatic rings. The van der Waals surface area contributed by atoms with Crippen molar-refractivity contribution in [2.24, 2.45) is 0 Å². The Morgan fingerprint density at radius 1 is 1.53 bits per heavy atom. The number of H-pyrrole nitrogens is 1. The Morgan fingerprint density at radius 2 is 2.27 bits per heavy atom. The smallest absolute Gasteiger partial charge is 0.299 e. The number of nitrogens with zero attached hydrogens (tertiary/aromatic N) is 2. The minimum Gasteiger partial charge on any atom is -0.337 e. The molecule has 0 unspecified atom stereocenters. The SMILES string of the molecule is CC(C)c1[nH]c2ncccc2c1[N+](=O)[O-]. The molecule has 1 N–H and O–H groups in total. The van der Waals surface area contributed by atoms with Crippen LogP contribution in [0.1, 0.15) is 25.5 Å². The third kappa shape index (κ3) is 1.45. The van der Waals surface area contributed by atoms with Gasteiger partial charge in [-0.1, -0.05) is 13.8 Å². The van der Waals surface area contributed by atoms with Crippen LogP contribution in [0.3, 0.4) is 0 Å². The highest BCUT2D eigenvalue weighted by molar-refractivity contribution is 5.88. The molecule has 0 saturated carbocycles. The van der Waals surface area contributed by atoms with E-state index in [2.05, 4.69) is 9.97 Å². The van der Waals surface area contributed by atoms with E-state index in [1.54, 1.807) is 18.3 Å². The van der Waals surface area contributed by atoms with Crippen LogP contribution in [0.15, 0.2) is 18.3 Å². The van der Waals surface area contributed by atoms with Gasteiger partial charge in [-0.15, -0.1) is 0 Å². The molecule has 0 spiro atoms. The molecule has 2 rings (SSSR count). The molecule has 2 aromatic rings. The fourth-order valence-electron chi connectivity index (χ4n) is 1.64. The molecule has 2 aromatic heterocycles. The predicted molar refractivity (Wildman–Crippen MR) is 56.8 cm³/mol. The first-order valence-corrected chi connectivity index (χ1v) is 4.72. The highest BCUT2D eigenvalue weighted by Crippen LogP contribution is 2.32. The van der Waals surface area contributed by atoms with E-state index < -0.39 is 0 Å². The summed E-state index contributed by atoms with van der Waals surface area (Å²) in [6.07, 6.45) is 1.62. The van der Waals surface area contributed by atoms with Gasteiger partial charge in [0, 0.05) is 12.1 Å². The molecule has 15 heavy (non-hydrogen) atoms. The van der Waals surface area contributed by atoms with Gasteiger partial charge in [-0.2, -0.15) is 0 Å². The highest BCUT2D eigenvalue weighted by Gasteiger charge is 2.23. The maximum Gasteiger partial charge on any atom is 0.299 e. The van der Waals surface area contributed by atoms with Crippen molar-refractivity contribution in [2.75, 3.05) is 0 Å². The van der Waals surface area contributed by atoms with Gasteiger partial charge in [0.2, 0.25) is 0 Å². The molecule has 0 saturated heterocycles. The molecule has 78 valence electrons. The fourth-order valence-corrected chi connectivity index (χ4v) is 1.64. The molecule has 0 fully saturated rings. The number of nitro groups is 1. The van der Waals surface area contributed by atoms with Crippen LogP contribution in [0, 0.1) is 10.1 Å². The van der Waals surface area contributed by atoms with Crippen LogP contribution in [-0.4, -0.2) is 14.9 Å². The van der Waals surface area contributed by atoms with Gasteiger partial charge in [0.15, 0.2) is 0 Å². The first-order valence-electron chi connectivity index (χ1n) is 4.72. The van der Waals surface area contributed by atoms with Crippen LogP contribution >= 0.6 is 0 Å². The van der Waals surface area contributed by atoms with Crippen LogP contribution < -0.4 is 0 Å². The van der Waals surface area contributed by atoms with E-state index in [0.29, 0.717) is 16.7 Å². The van der Waals surface area contributed by atoms with Crippen molar-refractivity contribution >= 4 is 16.7 Å². The summed E-state index contributed by atoms with van der Waals surface area (Å²) in [7, 11) is 0. The molecule has 0 aromatic carbocycles. The van der Waals surface area contributed by atoms with Crippen molar-refractivity contribution in [3.63, 3.8) is 0 Å². The minimum absolute atomic E-state index is 0.0830. The molecule has 5 nitrogen and oxygen atoms in total. The van der Waals surface area contributed by atoms with Gasteiger partial charge >= 0.3 is 0 Å². The fraction of sp³-hybridized carbons (Fsp3) is 0.300. The second-order valence-electron chi connectivity index (χ2n) is 3.70. The average Bonchev–Trinajstić information content (AvgIpc) is 2.56. The van der Waals surface area contributed by atoms with E-state index >= 15 is 0 Å². The van der Waals surface area contributed by atoms with Crippen molar-refractivity contribution in [1.29, 1.82) is 0 Å². The molecule has 0 radical (unpaired) electrons. The van der Waals surface area contributed by atoms with Crippen LogP contribution in [0.4, 0.5) is 5.69 Å². The Balaban J connectivity index is 2.80. The van der Waals surface area contributed by atoms with Gasteiger partial charge in [-0.05, 0) is 12.1 Å². The number of rotatable bonds is 2. The Morgan fingerprint density at radius 3 is 2.87 bits per heavy atom. The van der Waals surface area contributed by atoms with Crippen molar-refractivity contribution in [3.05, 3.63) is 34.1 Å². The summed E-state index contributed by atoms with van der Waals surface area (Å²) in [4.78, 5) is 17.7. The number of nitrogens with one attached hydrogen (secondary N) is 1. The molecular weight excluding hydrogens is 194 g/mol. The highest BCUT2D eigenvalue weighted by atomic mass is 16.6. The van der Waals surface area contributed by atoms with E-state index in [1.165, 1.54) is 0 Å². The molecule has 2 heterocycles. The number of aromatic amines is 1. The first-order chi connectivity index (χ1) is 7.11. The van der Waals surface area contributed by atoms with E-state index in [9.17, 15) is 10.1 Å². The standard InChI is InChI=1S/C10H11N3O2/c1-6(2)8-9(13(14)15)7-4-3-5-11-10(7)12-8/h3-6H,1-2H3,(H,11,12). The zero-order valence-corrected chi connectivity index (χ0v) is 8.52. The first kappa shape index (κ1) is 9.64. The number of fused-ring (bicyclic) bond motifs is 1. The normalized spacial score (nSPS) is 11.1. The molecule has 0 amide bonds. The Hall–Kier alpha value is -1.91. The van der Waals surface area contributed by atoms with Gasteiger partial charge in [-0.25, -0.2) is 4.98 Å². The van der Waals surface area contributed by atoms with E-state index in [0.717, 1.165) is 0 Å². The maximum absolute atomic E-state index is 11.0. The summed E-state index contributed by atoms with van der Waals surface area (Å²) in [6.45, 7) is 3.83. The minimum atomic E-state index is -0.351. The number of pyridine rings is 1. The quantitative estimate of drug-likeness (QED) is 0.605. The monoisotopic (exact) mass is 205 g/mol. The lowest BCUT2D eigenvalue weighted by Gasteiger charge is -1.99. The number of hydrogen-bond donors (Lipinski definition) is 1. The lowest BCUT2D eigenvalue weighted by Crippen LogP contribution is -1.95. The van der Waals surface area contributed by atoms with Crippen molar-refractivity contribution in [3.8, 4) is 0 Å². The Kier molecular flexibility index (Phi) is 2.15. The molecular formula is C10H11N3O2. The second-order valence-corrected chi connectivity index (χ2v) is 3.70. The van der Waals surface area contributed by atoms with Gasteiger partial charge in [0.1, 0.15) is 5.65 Å². The largest absolute Gasteiger partial charge is 0.337 e. The van der Waals surface area contributed by atoms with Crippen molar-refractivity contribution in [2.45, 2.75) is 19.8 Å². The number of aromatic nitrogens is 2. The lowest BCUT2D eigenvalue weighted by molar-refractivity contribution is -0.383. The average molecular weight is 205 g/mol. The third-order valence-corrected chi connectivity index (χ3v) is 2.33. The lowest BCUT2D eigenvalue weighted by atomic mass is 10.1. The van der Waals surface area contributed by atoms with E-state index in [-0.39, 0.29) is 16.5 Å². The summed E-state index contributed by atoms with van der Waals surface area (Å²) >= 11 is 0. The van der Waals surface area contributed by atoms with Crippen LogP contribution in [0.25, 0.3) is 11.0 Å². The molecule has 0 atom stereocenters. The summed E-state index contributed by atoms with van der Waals surface area (Å²) in [5, 5.41) is 11.5. The molecule has 0 aliphatic heterocycles. The van der Waals surface area contributed by atoms with Gasteiger partial charge in [0.05, 0.1) is 16.0 Å². The molecule has 0 bridgehead atoms. The van der Waals surface area contributed by atoms with E-state index in [1.807, 2.05) is 13.8 Å². The molecule has 0 aliphatic carbocycles. The maximum atomic E-state index is 11.0. The zero-order valence-electron chi connectivity index (χ0n) is 8.52.